The molecule has 1 aromatic heterocycles. The summed E-state index contributed by atoms with van der Waals surface area (Å²) in [4.78, 5) is 12.0. The van der Waals surface area contributed by atoms with Crippen molar-refractivity contribution in [2.45, 2.75) is 44.6 Å². The molecule has 0 bridgehead atoms. The molecule has 0 spiro atoms. The maximum Gasteiger partial charge on any atom is 0.182 e. The first-order valence-corrected chi connectivity index (χ1v) is 8.67. The normalized spacial score (nSPS) is 20.9. The Balaban J connectivity index is 1.95. The van der Waals surface area contributed by atoms with Crippen molar-refractivity contribution in [2.75, 3.05) is 7.11 Å². The molecular weight excluding hydrogens is 316 g/mol. The van der Waals surface area contributed by atoms with Gasteiger partial charge in [0, 0.05) is 27.0 Å². The van der Waals surface area contributed by atoms with Crippen molar-refractivity contribution in [3.63, 3.8) is 0 Å². The summed E-state index contributed by atoms with van der Waals surface area (Å²) in [5, 5.41) is 13.2. The van der Waals surface area contributed by atoms with E-state index in [4.69, 9.17) is 4.74 Å². The van der Waals surface area contributed by atoms with E-state index in [9.17, 15) is 4.79 Å². The van der Waals surface area contributed by atoms with Crippen LogP contribution < -0.4 is 0 Å². The second kappa shape index (κ2) is 7.70. The molecule has 0 aliphatic heterocycles. The highest BCUT2D eigenvalue weighted by molar-refractivity contribution is 5.97. The van der Waals surface area contributed by atoms with Crippen LogP contribution in [0.1, 0.15) is 54.7 Å². The van der Waals surface area contributed by atoms with E-state index in [0.29, 0.717) is 23.4 Å². The first-order valence-electron chi connectivity index (χ1n) is 8.67. The quantitative estimate of drug-likeness (QED) is 0.584. The molecule has 6 heteroatoms. The van der Waals surface area contributed by atoms with Crippen LogP contribution in [0.3, 0.4) is 0 Å². The number of ketones is 1. The number of aryl methyl sites for hydroxylation is 1. The van der Waals surface area contributed by atoms with Crippen LogP contribution in [-0.4, -0.2) is 28.8 Å². The van der Waals surface area contributed by atoms with Gasteiger partial charge in [-0.2, -0.15) is 10.2 Å². The lowest BCUT2D eigenvalue weighted by Crippen LogP contribution is -2.20. The molecule has 1 aromatic carbocycles. The third kappa shape index (κ3) is 3.85. The van der Waals surface area contributed by atoms with E-state index in [0.717, 1.165) is 37.1 Å². The van der Waals surface area contributed by atoms with Crippen molar-refractivity contribution >= 4 is 17.2 Å². The number of carbonyl (C=O) groups excluding carboxylic acids is 1. The van der Waals surface area contributed by atoms with Crippen molar-refractivity contribution < 1.29 is 9.53 Å². The number of benzene rings is 1. The molecule has 1 aliphatic carbocycles. The molecule has 0 amide bonds. The van der Waals surface area contributed by atoms with E-state index in [1.165, 1.54) is 6.92 Å². The zero-order valence-electron chi connectivity index (χ0n) is 15.0. The molecule has 1 fully saturated rings. The Hall–Kier alpha value is -2.34. The maximum absolute atomic E-state index is 12.0. The zero-order valence-corrected chi connectivity index (χ0v) is 15.0. The standard InChI is InChI=1S/C19H24N4O2/c1-13(24)17-18(21-20-15-7-5-4-6-8-15)19(23(2)22-17)14-9-11-16(25-3)12-10-14/h4-8,14,16H,9-12H2,1-3H3/b21-20+/t14-,16+. The molecule has 25 heavy (non-hydrogen) atoms. The van der Waals surface area contributed by atoms with Gasteiger partial charge < -0.3 is 4.74 Å². The third-order valence-electron chi connectivity index (χ3n) is 4.81. The first kappa shape index (κ1) is 17.5. The van der Waals surface area contributed by atoms with Gasteiger partial charge in [-0.15, -0.1) is 5.11 Å². The summed E-state index contributed by atoms with van der Waals surface area (Å²) in [6.45, 7) is 1.52. The average molecular weight is 340 g/mol. The highest BCUT2D eigenvalue weighted by Crippen LogP contribution is 2.40. The molecule has 1 heterocycles. The third-order valence-corrected chi connectivity index (χ3v) is 4.81. The van der Waals surface area contributed by atoms with Crippen LogP contribution in [0.5, 0.6) is 0 Å². The Bertz CT molecular complexity index is 759. The van der Waals surface area contributed by atoms with Gasteiger partial charge in [0.1, 0.15) is 5.69 Å². The Morgan fingerprint density at radius 2 is 1.84 bits per heavy atom. The van der Waals surface area contributed by atoms with Crippen LogP contribution in [-0.2, 0) is 11.8 Å². The number of aromatic nitrogens is 2. The smallest absolute Gasteiger partial charge is 0.182 e. The van der Waals surface area contributed by atoms with Crippen LogP contribution >= 0.6 is 0 Å². The molecule has 0 saturated heterocycles. The zero-order chi connectivity index (χ0) is 17.8. The first-order chi connectivity index (χ1) is 12.1. The van der Waals surface area contributed by atoms with Gasteiger partial charge in [-0.05, 0) is 37.8 Å². The van der Waals surface area contributed by atoms with Crippen LogP contribution in [0.2, 0.25) is 0 Å². The lowest BCUT2D eigenvalue weighted by atomic mass is 9.84. The van der Waals surface area contributed by atoms with Gasteiger partial charge in [0.05, 0.1) is 17.5 Å². The fourth-order valence-electron chi connectivity index (χ4n) is 3.49. The van der Waals surface area contributed by atoms with Crippen LogP contribution in [0, 0.1) is 0 Å². The Morgan fingerprint density at radius 3 is 2.44 bits per heavy atom. The monoisotopic (exact) mass is 340 g/mol. The van der Waals surface area contributed by atoms with Gasteiger partial charge in [0.25, 0.3) is 0 Å². The number of hydrogen-bond donors (Lipinski definition) is 0. The molecular formula is C19H24N4O2. The summed E-state index contributed by atoms with van der Waals surface area (Å²) in [5.41, 5.74) is 2.76. The van der Waals surface area contributed by atoms with Gasteiger partial charge in [-0.25, -0.2) is 0 Å². The van der Waals surface area contributed by atoms with E-state index < -0.39 is 0 Å². The van der Waals surface area contributed by atoms with Crippen molar-refractivity contribution in [3.8, 4) is 0 Å². The molecule has 132 valence electrons. The van der Waals surface area contributed by atoms with E-state index in [-0.39, 0.29) is 5.78 Å². The molecule has 0 N–H and O–H groups in total. The molecule has 0 unspecified atom stereocenters. The number of ether oxygens (including phenoxy) is 1. The van der Waals surface area contributed by atoms with E-state index in [1.54, 1.807) is 11.8 Å². The average Bonchev–Trinajstić information content (AvgIpc) is 2.97. The Morgan fingerprint density at radius 1 is 1.16 bits per heavy atom. The molecule has 3 rings (SSSR count). The second-order valence-electron chi connectivity index (χ2n) is 6.51. The summed E-state index contributed by atoms with van der Waals surface area (Å²) in [7, 11) is 3.65. The SMILES string of the molecule is CO[C@H]1CC[C@@H](c2c(/N=N/c3ccccc3)c(C(C)=O)nn2C)CC1. The summed E-state index contributed by atoms with van der Waals surface area (Å²) in [6, 6.07) is 9.53. The number of carbonyl (C=O) groups is 1. The number of methoxy groups -OCH3 is 1. The Kier molecular flexibility index (Phi) is 5.38. The molecule has 1 aliphatic rings. The van der Waals surface area contributed by atoms with Crippen molar-refractivity contribution in [3.05, 3.63) is 41.7 Å². The largest absolute Gasteiger partial charge is 0.381 e. The van der Waals surface area contributed by atoms with Crippen LogP contribution in [0.25, 0.3) is 0 Å². The number of hydrogen-bond acceptors (Lipinski definition) is 5. The van der Waals surface area contributed by atoms with Gasteiger partial charge >= 0.3 is 0 Å². The number of nitrogens with zero attached hydrogens (tertiary/aromatic N) is 4. The van der Waals surface area contributed by atoms with Crippen molar-refractivity contribution in [1.29, 1.82) is 0 Å². The second-order valence-corrected chi connectivity index (χ2v) is 6.51. The summed E-state index contributed by atoms with van der Waals surface area (Å²) in [6.07, 6.45) is 4.35. The highest BCUT2D eigenvalue weighted by atomic mass is 16.5. The van der Waals surface area contributed by atoms with Gasteiger partial charge in [0.15, 0.2) is 11.5 Å². The minimum atomic E-state index is -0.0885. The predicted molar refractivity (Wildman–Crippen MR) is 95.8 cm³/mol. The predicted octanol–water partition coefficient (Wildman–Crippen LogP) is 4.71. The van der Waals surface area contributed by atoms with Gasteiger partial charge in [-0.1, -0.05) is 18.2 Å². The van der Waals surface area contributed by atoms with E-state index in [1.807, 2.05) is 37.4 Å². The topological polar surface area (TPSA) is 68.8 Å². The lowest BCUT2D eigenvalue weighted by molar-refractivity contribution is 0.0652. The molecule has 0 radical (unpaired) electrons. The molecule has 6 nitrogen and oxygen atoms in total. The molecule has 1 saturated carbocycles. The molecule has 2 aromatic rings. The van der Waals surface area contributed by atoms with E-state index in [2.05, 4.69) is 15.3 Å². The number of azo groups is 1. The van der Waals surface area contributed by atoms with Gasteiger partial charge in [0.2, 0.25) is 0 Å². The van der Waals surface area contributed by atoms with Crippen LogP contribution in [0.15, 0.2) is 40.6 Å². The van der Waals surface area contributed by atoms with Crippen molar-refractivity contribution in [2.24, 2.45) is 17.3 Å². The summed E-state index contributed by atoms with van der Waals surface area (Å²) in [5.74, 6) is 0.233. The minimum Gasteiger partial charge on any atom is -0.381 e. The van der Waals surface area contributed by atoms with Crippen molar-refractivity contribution in [1.82, 2.24) is 9.78 Å². The summed E-state index contributed by atoms with van der Waals surface area (Å²) < 4.78 is 7.27. The highest BCUT2D eigenvalue weighted by Gasteiger charge is 2.29. The minimum absolute atomic E-state index is 0.0885. The maximum atomic E-state index is 12.0. The number of Topliss-reactive ketones (excluding diaryl/α,β-unsaturated/α-hetero) is 1. The van der Waals surface area contributed by atoms with Crippen LogP contribution in [0.4, 0.5) is 11.4 Å². The fourth-order valence-corrected chi connectivity index (χ4v) is 3.49. The lowest BCUT2D eigenvalue weighted by Gasteiger charge is -2.27. The van der Waals surface area contributed by atoms with Gasteiger partial charge in [-0.3, -0.25) is 9.48 Å². The van der Waals surface area contributed by atoms with E-state index >= 15 is 0 Å². The molecule has 0 atom stereocenters. The number of rotatable bonds is 5. The fraction of sp³-hybridized carbons (Fsp3) is 0.474. The summed E-state index contributed by atoms with van der Waals surface area (Å²) >= 11 is 0. The Labute approximate surface area is 147 Å².